The van der Waals surface area contributed by atoms with Crippen molar-refractivity contribution < 1.29 is 18.6 Å². The van der Waals surface area contributed by atoms with Crippen molar-refractivity contribution in [3.8, 4) is 0 Å². The SMILES string of the molecule is CNCC(CC1CCC(F)(F)CC1)N1CCCC([C@@](O)(CCCCOC)C2CCCCC2)C1. The molecule has 0 aromatic carbocycles. The summed E-state index contributed by atoms with van der Waals surface area (Å²) in [6.07, 6.45) is 13.7. The van der Waals surface area contributed by atoms with E-state index in [0.29, 0.717) is 36.6 Å². The van der Waals surface area contributed by atoms with Crippen molar-refractivity contribution in [3.63, 3.8) is 0 Å². The van der Waals surface area contributed by atoms with Crippen LogP contribution in [-0.4, -0.2) is 68.0 Å². The zero-order valence-electron chi connectivity index (χ0n) is 21.3. The Morgan fingerprint density at radius 1 is 1.03 bits per heavy atom. The maximum Gasteiger partial charge on any atom is 0.248 e. The zero-order valence-corrected chi connectivity index (χ0v) is 21.3. The second kappa shape index (κ2) is 13.1. The predicted molar refractivity (Wildman–Crippen MR) is 131 cm³/mol. The Balaban J connectivity index is 1.65. The van der Waals surface area contributed by atoms with Crippen molar-refractivity contribution >= 4 is 0 Å². The first-order chi connectivity index (χ1) is 15.9. The third-order valence-electron chi connectivity index (χ3n) is 9.05. The lowest BCUT2D eigenvalue weighted by Crippen LogP contribution is -2.55. The lowest BCUT2D eigenvalue weighted by Gasteiger charge is -2.49. The summed E-state index contributed by atoms with van der Waals surface area (Å²) in [6.45, 7) is 3.68. The molecule has 0 aromatic heterocycles. The summed E-state index contributed by atoms with van der Waals surface area (Å²) in [6, 6.07) is 0.374. The minimum absolute atomic E-state index is 0.0511. The van der Waals surface area contributed by atoms with E-state index in [2.05, 4.69) is 10.2 Å². The standard InChI is InChI=1S/C27H50F2N2O2/c1-30-20-25(19-22-12-15-26(28,29)16-13-22)31-17-8-11-24(21-31)27(32,14-6-7-18-33-2)23-9-4-3-5-10-23/h22-25,30,32H,3-21H2,1-2H3/t24?,25?,27-/m1/s1. The monoisotopic (exact) mass is 472 g/mol. The van der Waals surface area contributed by atoms with E-state index < -0.39 is 11.5 Å². The van der Waals surface area contributed by atoms with Gasteiger partial charge in [-0.25, -0.2) is 8.78 Å². The van der Waals surface area contributed by atoms with Crippen LogP contribution in [0.25, 0.3) is 0 Å². The normalized spacial score (nSPS) is 28.5. The zero-order chi connectivity index (χ0) is 23.7. The smallest absolute Gasteiger partial charge is 0.248 e. The van der Waals surface area contributed by atoms with Gasteiger partial charge in [-0.1, -0.05) is 19.3 Å². The average Bonchev–Trinajstić information content (AvgIpc) is 2.83. The van der Waals surface area contributed by atoms with Gasteiger partial charge < -0.3 is 15.2 Å². The van der Waals surface area contributed by atoms with E-state index in [1.807, 2.05) is 7.05 Å². The number of methoxy groups -OCH3 is 1. The van der Waals surface area contributed by atoms with Gasteiger partial charge >= 0.3 is 0 Å². The second-order valence-electron chi connectivity index (χ2n) is 11.4. The molecule has 33 heavy (non-hydrogen) atoms. The molecule has 1 saturated heterocycles. The van der Waals surface area contributed by atoms with Gasteiger partial charge in [0.25, 0.3) is 0 Å². The van der Waals surface area contributed by atoms with Crippen molar-refractivity contribution in [1.82, 2.24) is 10.2 Å². The van der Waals surface area contributed by atoms with Crippen molar-refractivity contribution in [2.24, 2.45) is 17.8 Å². The Morgan fingerprint density at radius 2 is 1.73 bits per heavy atom. The number of unbranched alkanes of at least 4 members (excludes halogenated alkanes) is 1. The van der Waals surface area contributed by atoms with E-state index in [1.54, 1.807) is 7.11 Å². The van der Waals surface area contributed by atoms with Gasteiger partial charge in [0.1, 0.15) is 0 Å². The van der Waals surface area contributed by atoms with Crippen molar-refractivity contribution in [1.29, 1.82) is 0 Å². The van der Waals surface area contributed by atoms with Crippen molar-refractivity contribution in [2.45, 2.75) is 114 Å². The molecular weight excluding hydrogens is 422 g/mol. The number of hydrogen-bond donors (Lipinski definition) is 2. The molecule has 4 nitrogen and oxygen atoms in total. The van der Waals surface area contributed by atoms with Crippen LogP contribution in [0.15, 0.2) is 0 Å². The molecule has 1 aliphatic heterocycles. The minimum atomic E-state index is -2.45. The molecule has 0 amide bonds. The van der Waals surface area contributed by atoms with Gasteiger partial charge in [-0.15, -0.1) is 0 Å². The summed E-state index contributed by atoms with van der Waals surface area (Å²) in [7, 11) is 3.75. The van der Waals surface area contributed by atoms with Crippen LogP contribution in [0.2, 0.25) is 0 Å². The molecule has 0 spiro atoms. The molecule has 3 fully saturated rings. The number of likely N-dealkylation sites (tertiary alicyclic amines) is 1. The summed E-state index contributed by atoms with van der Waals surface area (Å²) in [4.78, 5) is 2.60. The van der Waals surface area contributed by atoms with Gasteiger partial charge in [-0.05, 0) is 89.6 Å². The molecule has 0 aromatic rings. The number of likely N-dealkylation sites (N-methyl/N-ethyl adjacent to an activating group) is 1. The molecule has 2 aliphatic carbocycles. The number of nitrogens with zero attached hydrogens (tertiary/aromatic N) is 1. The van der Waals surface area contributed by atoms with Crippen LogP contribution in [0.4, 0.5) is 8.78 Å². The van der Waals surface area contributed by atoms with E-state index in [9.17, 15) is 13.9 Å². The van der Waals surface area contributed by atoms with E-state index in [-0.39, 0.29) is 12.8 Å². The molecule has 3 aliphatic rings. The first-order valence-electron chi connectivity index (χ1n) is 13.9. The summed E-state index contributed by atoms with van der Waals surface area (Å²) in [5.41, 5.74) is -0.579. The lowest BCUT2D eigenvalue weighted by atomic mass is 9.66. The maximum absolute atomic E-state index is 13.7. The highest BCUT2D eigenvalue weighted by molar-refractivity contribution is 4.98. The molecule has 2 saturated carbocycles. The maximum atomic E-state index is 13.7. The number of piperidine rings is 1. The fourth-order valence-corrected chi connectivity index (χ4v) is 7.06. The lowest BCUT2D eigenvalue weighted by molar-refractivity contribution is -0.112. The Bertz CT molecular complexity index is 548. The second-order valence-corrected chi connectivity index (χ2v) is 11.4. The highest BCUT2D eigenvalue weighted by Gasteiger charge is 2.45. The van der Waals surface area contributed by atoms with Gasteiger partial charge in [0.05, 0.1) is 5.60 Å². The molecule has 2 N–H and O–H groups in total. The molecule has 194 valence electrons. The molecule has 6 heteroatoms. The number of alkyl halides is 2. The molecular formula is C27H50F2N2O2. The molecule has 0 radical (unpaired) electrons. The van der Waals surface area contributed by atoms with E-state index in [4.69, 9.17) is 4.74 Å². The van der Waals surface area contributed by atoms with Crippen LogP contribution < -0.4 is 5.32 Å². The minimum Gasteiger partial charge on any atom is -0.389 e. The van der Waals surface area contributed by atoms with Crippen LogP contribution in [0.5, 0.6) is 0 Å². The molecule has 3 atom stereocenters. The summed E-state index contributed by atoms with van der Waals surface area (Å²) < 4.78 is 32.6. The van der Waals surface area contributed by atoms with Crippen LogP contribution in [0.3, 0.4) is 0 Å². The predicted octanol–water partition coefficient (Wildman–Crippen LogP) is 5.63. The third-order valence-corrected chi connectivity index (χ3v) is 9.05. The van der Waals surface area contributed by atoms with E-state index in [0.717, 1.165) is 77.6 Å². The highest BCUT2D eigenvalue weighted by Crippen LogP contribution is 2.44. The van der Waals surface area contributed by atoms with Gasteiger partial charge in [0, 0.05) is 51.6 Å². The molecule has 2 unspecified atom stereocenters. The van der Waals surface area contributed by atoms with Gasteiger partial charge in [0.15, 0.2) is 0 Å². The quantitative estimate of drug-likeness (QED) is 0.361. The van der Waals surface area contributed by atoms with Gasteiger partial charge in [-0.2, -0.15) is 0 Å². The fraction of sp³-hybridized carbons (Fsp3) is 1.00. The van der Waals surface area contributed by atoms with E-state index in [1.165, 1.54) is 19.3 Å². The highest BCUT2D eigenvalue weighted by atomic mass is 19.3. The number of ether oxygens (including phenoxy) is 1. The first kappa shape index (κ1) is 27.3. The largest absolute Gasteiger partial charge is 0.389 e. The molecule has 3 rings (SSSR count). The number of hydrogen-bond acceptors (Lipinski definition) is 4. The number of nitrogens with one attached hydrogen (secondary N) is 1. The third kappa shape index (κ3) is 7.85. The Kier molecular flexibility index (Phi) is 10.9. The summed E-state index contributed by atoms with van der Waals surface area (Å²) in [5, 5.41) is 15.6. The Labute approximate surface area is 201 Å². The van der Waals surface area contributed by atoms with Crippen LogP contribution in [0.1, 0.15) is 96.3 Å². The first-order valence-corrected chi connectivity index (χ1v) is 13.9. The summed E-state index contributed by atoms with van der Waals surface area (Å²) >= 11 is 0. The van der Waals surface area contributed by atoms with Crippen LogP contribution in [0, 0.1) is 17.8 Å². The number of aliphatic hydroxyl groups is 1. The molecule has 1 heterocycles. The van der Waals surface area contributed by atoms with Crippen LogP contribution in [-0.2, 0) is 4.74 Å². The van der Waals surface area contributed by atoms with E-state index >= 15 is 0 Å². The van der Waals surface area contributed by atoms with Gasteiger partial charge in [-0.3, -0.25) is 4.90 Å². The van der Waals surface area contributed by atoms with Gasteiger partial charge in [0.2, 0.25) is 5.92 Å². The summed E-state index contributed by atoms with van der Waals surface area (Å²) in [5.74, 6) is -1.33. The number of rotatable bonds is 12. The Morgan fingerprint density at radius 3 is 2.39 bits per heavy atom. The van der Waals surface area contributed by atoms with Crippen molar-refractivity contribution in [3.05, 3.63) is 0 Å². The topological polar surface area (TPSA) is 44.7 Å². The average molecular weight is 473 g/mol. The molecule has 0 bridgehead atoms. The van der Waals surface area contributed by atoms with Crippen LogP contribution >= 0.6 is 0 Å². The fourth-order valence-electron chi connectivity index (χ4n) is 7.06. The number of halogens is 2. The van der Waals surface area contributed by atoms with Crippen molar-refractivity contribution in [2.75, 3.05) is 40.4 Å². The Hall–Kier alpha value is -0.300.